The van der Waals surface area contributed by atoms with E-state index in [9.17, 15) is 0 Å². The molecule has 2 heterocycles. The Morgan fingerprint density at radius 1 is 0.313 bits per heavy atom. The third-order valence-electron chi connectivity index (χ3n) is 14.0. The molecular weight excluding hydrogens is 817 g/mol. The van der Waals surface area contributed by atoms with Gasteiger partial charge in [-0.25, -0.2) is 0 Å². The molecule has 0 saturated heterocycles. The van der Waals surface area contributed by atoms with Gasteiger partial charge < -0.3 is 18.6 Å². The second kappa shape index (κ2) is 16.5. The van der Waals surface area contributed by atoms with Crippen LogP contribution in [0.4, 0.5) is 34.1 Å². The zero-order valence-electron chi connectivity index (χ0n) is 40.1. The van der Waals surface area contributed by atoms with Gasteiger partial charge in [0.15, 0.2) is 0 Å². The highest BCUT2D eigenvalue weighted by molar-refractivity contribution is 6.25. The Labute approximate surface area is 394 Å². The van der Waals surface area contributed by atoms with E-state index in [-0.39, 0.29) is 0 Å². The summed E-state index contributed by atoms with van der Waals surface area (Å²) in [6.45, 7) is 20.1. The number of nitrogens with zero attached hydrogens (tertiary/aromatic N) is 2. The second-order valence-corrected chi connectivity index (χ2v) is 19.9. The minimum Gasteiger partial charge on any atom is -0.456 e. The molecule has 0 aliphatic rings. The standard InChI is InChI=1S/C63H58N2O2/c1-37(2)42-10-20-50(21-11-42)64(51-22-12-43(13-23-51)38(3)4)54-28-18-46-33-56-57-30-41(9)62-61(63(57)67-59(56)35-48(46)31-54)58-34-47-19-29-55(32-49(47)36-60(58)66-62)65(52-24-14-44(15-25-52)39(5)6)53-26-16-45(17-27-53)40(7)8/h10-40H,1-9H3. The van der Waals surface area contributed by atoms with E-state index in [1.807, 2.05) is 0 Å². The molecule has 9 aromatic carbocycles. The number of fused-ring (bicyclic) bond motifs is 9. The molecule has 0 atom stereocenters. The molecular formula is C63H58N2O2. The highest BCUT2D eigenvalue weighted by Crippen LogP contribution is 2.45. The molecule has 11 rings (SSSR count). The van der Waals surface area contributed by atoms with Gasteiger partial charge in [0.1, 0.15) is 22.3 Å². The molecule has 4 heteroatoms. The Morgan fingerprint density at radius 2 is 0.657 bits per heavy atom. The van der Waals surface area contributed by atoms with Crippen molar-refractivity contribution in [3.05, 3.63) is 192 Å². The molecule has 2 aromatic heterocycles. The highest BCUT2D eigenvalue weighted by Gasteiger charge is 2.22. The molecule has 0 amide bonds. The van der Waals surface area contributed by atoms with Crippen LogP contribution >= 0.6 is 0 Å². The van der Waals surface area contributed by atoms with E-state index in [0.29, 0.717) is 23.7 Å². The van der Waals surface area contributed by atoms with Gasteiger partial charge in [-0.2, -0.15) is 0 Å². The second-order valence-electron chi connectivity index (χ2n) is 19.9. The normalized spacial score (nSPS) is 12.2. The maximum atomic E-state index is 6.96. The zero-order chi connectivity index (χ0) is 46.2. The lowest BCUT2D eigenvalue weighted by Crippen LogP contribution is -2.10. The maximum absolute atomic E-state index is 6.96. The third kappa shape index (κ3) is 7.49. The topological polar surface area (TPSA) is 32.8 Å². The Balaban J connectivity index is 1.02. The Bertz CT molecular complexity index is 3520. The quantitative estimate of drug-likeness (QED) is 0.137. The maximum Gasteiger partial charge on any atom is 0.147 e. The minimum absolute atomic E-state index is 0.464. The molecule has 4 nitrogen and oxygen atoms in total. The minimum atomic E-state index is 0.464. The van der Waals surface area contributed by atoms with Crippen molar-refractivity contribution in [3.63, 3.8) is 0 Å². The van der Waals surface area contributed by atoms with Gasteiger partial charge in [0.05, 0.1) is 5.39 Å². The van der Waals surface area contributed by atoms with Gasteiger partial charge in [-0.3, -0.25) is 0 Å². The monoisotopic (exact) mass is 874 g/mol. The van der Waals surface area contributed by atoms with Crippen LogP contribution in [0, 0.1) is 6.92 Å². The molecule has 0 aliphatic carbocycles. The van der Waals surface area contributed by atoms with Crippen molar-refractivity contribution in [3.8, 4) is 0 Å². The summed E-state index contributed by atoms with van der Waals surface area (Å²) in [7, 11) is 0. The van der Waals surface area contributed by atoms with E-state index >= 15 is 0 Å². The van der Waals surface area contributed by atoms with Crippen molar-refractivity contribution in [2.24, 2.45) is 0 Å². The van der Waals surface area contributed by atoms with Crippen molar-refractivity contribution in [2.75, 3.05) is 9.80 Å². The van der Waals surface area contributed by atoms with Crippen molar-refractivity contribution >= 4 is 99.5 Å². The van der Waals surface area contributed by atoms with Crippen molar-refractivity contribution in [1.82, 2.24) is 0 Å². The molecule has 0 aliphatic heterocycles. The SMILES string of the molecule is Cc1cc2c3cc4ccc(N(c5ccc(C(C)C)cc5)c5ccc(C(C)C)cc5)cc4cc3oc2c2c1oc1cc3cc(N(c4ccc(C(C)C)cc4)c4ccc(C(C)C)cc4)ccc3cc12. The zero-order valence-corrected chi connectivity index (χ0v) is 40.1. The van der Waals surface area contributed by atoms with Crippen LogP contribution in [-0.2, 0) is 0 Å². The number of anilines is 6. The van der Waals surface area contributed by atoms with Crippen molar-refractivity contribution in [1.29, 1.82) is 0 Å². The summed E-state index contributed by atoms with van der Waals surface area (Å²) >= 11 is 0. The van der Waals surface area contributed by atoms with E-state index in [4.69, 9.17) is 8.83 Å². The van der Waals surface area contributed by atoms with Gasteiger partial charge in [0.25, 0.3) is 0 Å². The number of benzene rings is 9. The first kappa shape index (κ1) is 42.3. The van der Waals surface area contributed by atoms with E-state index < -0.39 is 0 Å². The van der Waals surface area contributed by atoms with Crippen LogP contribution in [0.3, 0.4) is 0 Å². The van der Waals surface area contributed by atoms with Gasteiger partial charge in [0, 0.05) is 50.3 Å². The highest BCUT2D eigenvalue weighted by atomic mass is 16.3. The number of hydrogen-bond acceptors (Lipinski definition) is 4. The lowest BCUT2D eigenvalue weighted by Gasteiger charge is -2.26. The van der Waals surface area contributed by atoms with Crippen LogP contribution in [0.2, 0.25) is 0 Å². The first-order valence-electron chi connectivity index (χ1n) is 24.1. The Kier molecular flexibility index (Phi) is 10.5. The fourth-order valence-corrected chi connectivity index (χ4v) is 9.99. The van der Waals surface area contributed by atoms with Crippen LogP contribution in [0.1, 0.15) is 107 Å². The van der Waals surface area contributed by atoms with Gasteiger partial charge in [-0.15, -0.1) is 0 Å². The van der Waals surface area contributed by atoms with Crippen molar-refractivity contribution < 1.29 is 8.83 Å². The molecule has 0 bridgehead atoms. The van der Waals surface area contributed by atoms with Gasteiger partial charge in [0.2, 0.25) is 0 Å². The van der Waals surface area contributed by atoms with Gasteiger partial charge in [-0.1, -0.05) is 116 Å². The van der Waals surface area contributed by atoms with Crippen LogP contribution < -0.4 is 9.80 Å². The number of hydrogen-bond donors (Lipinski definition) is 0. The summed E-state index contributed by atoms with van der Waals surface area (Å²) in [5.74, 6) is 1.86. The van der Waals surface area contributed by atoms with Gasteiger partial charge >= 0.3 is 0 Å². The van der Waals surface area contributed by atoms with Crippen LogP contribution in [-0.4, -0.2) is 0 Å². The molecule has 67 heavy (non-hydrogen) atoms. The molecule has 0 saturated carbocycles. The Hall–Kier alpha value is -7.30. The van der Waals surface area contributed by atoms with E-state index in [0.717, 1.165) is 99.7 Å². The molecule has 0 spiro atoms. The van der Waals surface area contributed by atoms with Gasteiger partial charge in [-0.05, 0) is 183 Å². The average molecular weight is 875 g/mol. The predicted octanol–water partition coefficient (Wildman–Crippen LogP) is 19.5. The van der Waals surface area contributed by atoms with Crippen molar-refractivity contribution in [2.45, 2.75) is 86.0 Å². The van der Waals surface area contributed by atoms with Crippen LogP contribution in [0.15, 0.2) is 173 Å². The van der Waals surface area contributed by atoms with E-state index in [1.165, 1.54) is 27.6 Å². The fourth-order valence-electron chi connectivity index (χ4n) is 9.99. The molecule has 0 unspecified atom stereocenters. The molecule has 0 radical (unpaired) electrons. The van der Waals surface area contributed by atoms with E-state index in [2.05, 4.69) is 236 Å². The number of furan rings is 2. The first-order chi connectivity index (χ1) is 32.4. The largest absolute Gasteiger partial charge is 0.456 e. The fraction of sp³-hybridized carbons (Fsp3) is 0.206. The van der Waals surface area contributed by atoms with Crippen LogP contribution in [0.5, 0.6) is 0 Å². The number of rotatable bonds is 10. The predicted molar refractivity (Wildman–Crippen MR) is 286 cm³/mol. The summed E-state index contributed by atoms with van der Waals surface area (Å²) in [5.41, 5.74) is 16.6. The summed E-state index contributed by atoms with van der Waals surface area (Å²) in [4.78, 5) is 4.72. The average Bonchev–Trinajstić information content (AvgIpc) is 3.88. The summed E-state index contributed by atoms with van der Waals surface area (Å²) in [6, 6.07) is 60.8. The van der Waals surface area contributed by atoms with Crippen LogP contribution in [0.25, 0.3) is 65.4 Å². The molecule has 11 aromatic rings. The third-order valence-corrected chi connectivity index (χ3v) is 14.0. The number of aryl methyl sites for hydroxylation is 1. The summed E-state index contributed by atoms with van der Waals surface area (Å²) < 4.78 is 13.8. The summed E-state index contributed by atoms with van der Waals surface area (Å²) in [6.07, 6.45) is 0. The Morgan fingerprint density at radius 3 is 1.04 bits per heavy atom. The molecule has 0 N–H and O–H groups in total. The lowest BCUT2D eigenvalue weighted by atomic mass is 10.00. The lowest BCUT2D eigenvalue weighted by molar-refractivity contribution is 0.661. The first-order valence-corrected chi connectivity index (χ1v) is 24.1. The smallest absolute Gasteiger partial charge is 0.147 e. The molecule has 0 fully saturated rings. The molecule has 332 valence electrons. The summed E-state index contributed by atoms with van der Waals surface area (Å²) in [5, 5.41) is 8.85. The van der Waals surface area contributed by atoms with E-state index in [1.54, 1.807) is 0 Å².